The molecule has 0 aliphatic carbocycles. The SMILES string of the molecule is CC[C@@]12COCCN1c1nc(C)ncc1N(C)C2=O. The van der Waals surface area contributed by atoms with Crippen molar-refractivity contribution >= 4 is 17.4 Å². The third-order valence-corrected chi connectivity index (χ3v) is 4.09. The average molecular weight is 262 g/mol. The Morgan fingerprint density at radius 2 is 2.32 bits per heavy atom. The van der Waals surface area contributed by atoms with Gasteiger partial charge in [-0.2, -0.15) is 0 Å². The monoisotopic (exact) mass is 262 g/mol. The van der Waals surface area contributed by atoms with Gasteiger partial charge in [0.15, 0.2) is 5.82 Å². The van der Waals surface area contributed by atoms with Crippen molar-refractivity contribution in [2.24, 2.45) is 0 Å². The summed E-state index contributed by atoms with van der Waals surface area (Å²) < 4.78 is 5.56. The molecule has 2 aliphatic heterocycles. The van der Waals surface area contributed by atoms with E-state index < -0.39 is 5.54 Å². The van der Waals surface area contributed by atoms with Gasteiger partial charge in [-0.3, -0.25) is 4.79 Å². The van der Waals surface area contributed by atoms with Gasteiger partial charge in [-0.1, -0.05) is 6.92 Å². The van der Waals surface area contributed by atoms with E-state index in [1.807, 2.05) is 13.8 Å². The number of hydrogen-bond donors (Lipinski definition) is 0. The highest BCUT2D eigenvalue weighted by atomic mass is 16.5. The second-order valence-electron chi connectivity index (χ2n) is 5.08. The fraction of sp³-hybridized carbons (Fsp3) is 0.615. The average Bonchev–Trinajstić information content (AvgIpc) is 2.44. The van der Waals surface area contributed by atoms with Gasteiger partial charge in [0, 0.05) is 13.6 Å². The smallest absolute Gasteiger partial charge is 0.255 e. The van der Waals surface area contributed by atoms with E-state index in [1.165, 1.54) is 0 Å². The number of amides is 1. The standard InChI is InChI=1S/C13H18N4O2/c1-4-13-8-19-6-5-17(13)11-10(16(3)12(13)18)7-14-9(2)15-11/h7H,4-6,8H2,1-3H3/t13-/m0/s1. The highest BCUT2D eigenvalue weighted by Crippen LogP contribution is 2.40. The lowest BCUT2D eigenvalue weighted by Gasteiger charge is -2.51. The zero-order valence-corrected chi connectivity index (χ0v) is 11.5. The topological polar surface area (TPSA) is 58.6 Å². The number of morpholine rings is 1. The first-order chi connectivity index (χ1) is 9.10. The van der Waals surface area contributed by atoms with Gasteiger partial charge in [-0.15, -0.1) is 0 Å². The number of fused-ring (bicyclic) bond motifs is 3. The first-order valence-electron chi connectivity index (χ1n) is 6.57. The van der Waals surface area contributed by atoms with Crippen LogP contribution >= 0.6 is 0 Å². The Kier molecular flexibility index (Phi) is 2.70. The summed E-state index contributed by atoms with van der Waals surface area (Å²) in [5.41, 5.74) is 0.169. The molecule has 1 amide bonds. The summed E-state index contributed by atoms with van der Waals surface area (Å²) in [6.07, 6.45) is 2.43. The second-order valence-corrected chi connectivity index (χ2v) is 5.08. The molecule has 0 N–H and O–H groups in total. The summed E-state index contributed by atoms with van der Waals surface area (Å²) in [6.45, 7) is 5.63. The lowest BCUT2D eigenvalue weighted by molar-refractivity contribution is -0.128. The fourth-order valence-electron chi connectivity index (χ4n) is 2.93. The third kappa shape index (κ3) is 1.56. The Labute approximate surface area is 112 Å². The van der Waals surface area contributed by atoms with E-state index in [4.69, 9.17) is 4.74 Å². The summed E-state index contributed by atoms with van der Waals surface area (Å²) in [4.78, 5) is 25.2. The maximum Gasteiger partial charge on any atom is 0.255 e. The van der Waals surface area contributed by atoms with E-state index >= 15 is 0 Å². The van der Waals surface area contributed by atoms with Crippen LogP contribution in [0.1, 0.15) is 19.2 Å². The molecule has 3 heterocycles. The minimum absolute atomic E-state index is 0.0645. The normalized spacial score (nSPS) is 26.2. The predicted molar refractivity (Wildman–Crippen MR) is 71.4 cm³/mol. The van der Waals surface area contributed by atoms with Crippen LogP contribution in [-0.4, -0.2) is 48.2 Å². The van der Waals surface area contributed by atoms with E-state index in [-0.39, 0.29) is 5.91 Å². The number of anilines is 2. The Hall–Kier alpha value is -1.69. The van der Waals surface area contributed by atoms with Crippen molar-refractivity contribution in [1.29, 1.82) is 0 Å². The Bertz CT molecular complexity index is 533. The zero-order chi connectivity index (χ0) is 13.6. The van der Waals surface area contributed by atoms with Crippen LogP contribution in [-0.2, 0) is 9.53 Å². The molecule has 1 saturated heterocycles. The number of rotatable bonds is 1. The third-order valence-electron chi connectivity index (χ3n) is 4.09. The molecular weight excluding hydrogens is 244 g/mol. The molecular formula is C13H18N4O2. The van der Waals surface area contributed by atoms with E-state index in [0.29, 0.717) is 26.2 Å². The number of aromatic nitrogens is 2. The van der Waals surface area contributed by atoms with Gasteiger partial charge >= 0.3 is 0 Å². The van der Waals surface area contributed by atoms with Crippen LogP contribution < -0.4 is 9.80 Å². The van der Waals surface area contributed by atoms with Gasteiger partial charge in [-0.25, -0.2) is 9.97 Å². The highest BCUT2D eigenvalue weighted by molar-refractivity contribution is 6.07. The summed E-state index contributed by atoms with van der Waals surface area (Å²) in [6, 6.07) is 0. The van der Waals surface area contributed by atoms with E-state index in [0.717, 1.165) is 17.3 Å². The molecule has 1 aromatic heterocycles. The van der Waals surface area contributed by atoms with Gasteiger partial charge in [-0.05, 0) is 13.3 Å². The number of carbonyl (C=O) groups is 1. The van der Waals surface area contributed by atoms with E-state index in [2.05, 4.69) is 14.9 Å². The number of nitrogens with zero attached hydrogens (tertiary/aromatic N) is 4. The molecule has 1 atom stereocenters. The number of ether oxygens (including phenoxy) is 1. The fourth-order valence-corrected chi connectivity index (χ4v) is 2.93. The maximum absolute atomic E-state index is 12.7. The van der Waals surface area contributed by atoms with Crippen LogP contribution in [0.2, 0.25) is 0 Å². The Morgan fingerprint density at radius 1 is 1.53 bits per heavy atom. The van der Waals surface area contributed by atoms with Gasteiger partial charge in [0.1, 0.15) is 17.1 Å². The lowest BCUT2D eigenvalue weighted by atomic mass is 9.89. The van der Waals surface area contributed by atoms with Crippen LogP contribution in [0.15, 0.2) is 6.20 Å². The van der Waals surface area contributed by atoms with Crippen molar-refractivity contribution in [3.8, 4) is 0 Å². The maximum atomic E-state index is 12.7. The minimum Gasteiger partial charge on any atom is -0.377 e. The molecule has 0 saturated carbocycles. The largest absolute Gasteiger partial charge is 0.377 e. The quantitative estimate of drug-likeness (QED) is 0.747. The summed E-state index contributed by atoms with van der Waals surface area (Å²) in [5.74, 6) is 1.63. The number of aryl methyl sites for hydroxylation is 1. The first-order valence-corrected chi connectivity index (χ1v) is 6.57. The van der Waals surface area contributed by atoms with Crippen LogP contribution in [0.25, 0.3) is 0 Å². The number of hydrogen-bond acceptors (Lipinski definition) is 5. The summed E-state index contributed by atoms with van der Waals surface area (Å²) in [7, 11) is 1.78. The van der Waals surface area contributed by atoms with Crippen molar-refractivity contribution in [3.63, 3.8) is 0 Å². The van der Waals surface area contributed by atoms with E-state index in [9.17, 15) is 4.79 Å². The van der Waals surface area contributed by atoms with Gasteiger partial charge in [0.2, 0.25) is 0 Å². The van der Waals surface area contributed by atoms with Crippen LogP contribution in [0.4, 0.5) is 11.5 Å². The second kappa shape index (κ2) is 4.16. The van der Waals surface area contributed by atoms with Crippen molar-refractivity contribution in [2.75, 3.05) is 36.6 Å². The predicted octanol–water partition coefficient (Wildman–Crippen LogP) is 0.747. The Morgan fingerprint density at radius 3 is 3.05 bits per heavy atom. The van der Waals surface area contributed by atoms with E-state index in [1.54, 1.807) is 18.1 Å². The van der Waals surface area contributed by atoms with Crippen molar-refractivity contribution in [2.45, 2.75) is 25.8 Å². The molecule has 3 rings (SSSR count). The number of carbonyl (C=O) groups excluding carboxylic acids is 1. The molecule has 0 spiro atoms. The molecule has 0 unspecified atom stereocenters. The van der Waals surface area contributed by atoms with Crippen LogP contribution in [0, 0.1) is 6.92 Å². The molecule has 0 radical (unpaired) electrons. The summed E-state index contributed by atoms with van der Waals surface area (Å²) in [5, 5.41) is 0. The first kappa shape index (κ1) is 12.3. The lowest BCUT2D eigenvalue weighted by Crippen LogP contribution is -2.68. The molecule has 6 heteroatoms. The highest BCUT2D eigenvalue weighted by Gasteiger charge is 2.51. The van der Waals surface area contributed by atoms with Crippen LogP contribution in [0.5, 0.6) is 0 Å². The molecule has 102 valence electrons. The Balaban J connectivity index is 2.20. The molecule has 0 bridgehead atoms. The molecule has 2 aliphatic rings. The van der Waals surface area contributed by atoms with Gasteiger partial charge in [0.05, 0.1) is 19.4 Å². The van der Waals surface area contributed by atoms with Crippen LogP contribution in [0.3, 0.4) is 0 Å². The number of likely N-dealkylation sites (N-methyl/N-ethyl adjacent to an activating group) is 1. The van der Waals surface area contributed by atoms with Crippen molar-refractivity contribution < 1.29 is 9.53 Å². The summed E-state index contributed by atoms with van der Waals surface area (Å²) >= 11 is 0. The molecule has 6 nitrogen and oxygen atoms in total. The molecule has 1 aromatic rings. The zero-order valence-electron chi connectivity index (χ0n) is 11.5. The molecule has 0 aromatic carbocycles. The van der Waals surface area contributed by atoms with Crippen molar-refractivity contribution in [3.05, 3.63) is 12.0 Å². The van der Waals surface area contributed by atoms with Gasteiger partial charge in [0.25, 0.3) is 5.91 Å². The minimum atomic E-state index is -0.610. The van der Waals surface area contributed by atoms with Crippen molar-refractivity contribution in [1.82, 2.24) is 9.97 Å². The molecule has 1 fully saturated rings. The molecule has 19 heavy (non-hydrogen) atoms. The van der Waals surface area contributed by atoms with Gasteiger partial charge < -0.3 is 14.5 Å².